The van der Waals surface area contributed by atoms with Crippen molar-refractivity contribution >= 4 is 10.0 Å². The largest absolute Gasteiger partial charge is 0.312 e. The normalized spacial score (nSPS) is 11.5. The van der Waals surface area contributed by atoms with Gasteiger partial charge in [0.05, 0.1) is 5.75 Å². The third-order valence-corrected chi connectivity index (χ3v) is 3.39. The molecule has 0 heterocycles. The van der Waals surface area contributed by atoms with Crippen LogP contribution in [-0.2, 0) is 16.6 Å². The van der Waals surface area contributed by atoms with Crippen molar-refractivity contribution in [1.29, 1.82) is 0 Å². The summed E-state index contributed by atoms with van der Waals surface area (Å²) in [5, 5.41) is 3.07. The number of sulfonamides is 1. The zero-order valence-corrected chi connectivity index (χ0v) is 9.55. The van der Waals surface area contributed by atoms with Crippen molar-refractivity contribution in [2.45, 2.75) is 6.54 Å². The summed E-state index contributed by atoms with van der Waals surface area (Å²) >= 11 is 0. The van der Waals surface area contributed by atoms with Crippen LogP contribution < -0.4 is 10.0 Å². The first-order chi connectivity index (χ1) is 7.14. The molecule has 1 aromatic carbocycles. The Labute approximate surface area is 90.8 Å². The van der Waals surface area contributed by atoms with E-state index in [2.05, 4.69) is 10.0 Å². The highest BCUT2D eigenvalue weighted by Gasteiger charge is 2.04. The van der Waals surface area contributed by atoms with E-state index in [1.54, 1.807) is 0 Å². The van der Waals surface area contributed by atoms with Crippen molar-refractivity contribution in [1.82, 2.24) is 10.0 Å². The molecule has 2 N–H and O–H groups in total. The number of nitrogens with one attached hydrogen (secondary N) is 2. The fourth-order valence-electron chi connectivity index (χ4n) is 1.14. The van der Waals surface area contributed by atoms with Crippen LogP contribution in [0.3, 0.4) is 0 Å². The summed E-state index contributed by atoms with van der Waals surface area (Å²) in [5.41, 5.74) is 1.15. The maximum absolute atomic E-state index is 11.1. The Bertz CT molecular complexity index is 376. The smallest absolute Gasteiger partial charge is 0.212 e. The predicted octanol–water partition coefficient (Wildman–Crippen LogP) is 0.325. The maximum atomic E-state index is 11.1. The molecule has 0 spiro atoms. The highest BCUT2D eigenvalue weighted by molar-refractivity contribution is 7.89. The molecule has 0 aliphatic carbocycles. The van der Waals surface area contributed by atoms with Gasteiger partial charge in [-0.05, 0) is 12.6 Å². The quantitative estimate of drug-likeness (QED) is 0.690. The molecule has 0 fully saturated rings. The second kappa shape index (κ2) is 5.85. The minimum Gasteiger partial charge on any atom is -0.312 e. The average Bonchev–Trinajstić information content (AvgIpc) is 2.26. The number of benzene rings is 1. The van der Waals surface area contributed by atoms with Crippen LogP contribution in [0.5, 0.6) is 0 Å². The van der Waals surface area contributed by atoms with Crippen LogP contribution in [-0.4, -0.2) is 27.8 Å². The van der Waals surface area contributed by atoms with E-state index in [1.807, 2.05) is 30.3 Å². The van der Waals surface area contributed by atoms with E-state index >= 15 is 0 Å². The molecule has 15 heavy (non-hydrogen) atoms. The average molecular weight is 228 g/mol. The molecule has 0 unspecified atom stereocenters. The van der Waals surface area contributed by atoms with Crippen LogP contribution in [0.15, 0.2) is 30.3 Å². The number of hydrogen-bond donors (Lipinski definition) is 2. The summed E-state index contributed by atoms with van der Waals surface area (Å²) in [5.74, 6) is 0.107. The first kappa shape index (κ1) is 12.2. The van der Waals surface area contributed by atoms with Crippen LogP contribution >= 0.6 is 0 Å². The van der Waals surface area contributed by atoms with Gasteiger partial charge in [0.2, 0.25) is 10.0 Å². The van der Waals surface area contributed by atoms with Gasteiger partial charge in [-0.1, -0.05) is 30.3 Å². The van der Waals surface area contributed by atoms with Gasteiger partial charge in [-0.15, -0.1) is 0 Å². The van der Waals surface area contributed by atoms with Crippen LogP contribution in [0.25, 0.3) is 0 Å². The van der Waals surface area contributed by atoms with E-state index in [-0.39, 0.29) is 5.75 Å². The van der Waals surface area contributed by atoms with Gasteiger partial charge >= 0.3 is 0 Å². The standard InChI is InChI=1S/C10H16N2O2S/c1-11-15(13,14)8-7-12-9-10-5-3-2-4-6-10/h2-6,11-12H,7-9H2,1H3. The molecule has 0 saturated carbocycles. The summed E-state index contributed by atoms with van der Waals surface area (Å²) in [6, 6.07) is 9.87. The zero-order chi connectivity index (χ0) is 11.1. The first-order valence-electron chi connectivity index (χ1n) is 4.80. The molecule has 0 amide bonds. The Hall–Kier alpha value is -0.910. The fraction of sp³-hybridized carbons (Fsp3) is 0.400. The molecule has 0 radical (unpaired) electrons. The van der Waals surface area contributed by atoms with E-state index in [9.17, 15) is 8.42 Å². The van der Waals surface area contributed by atoms with E-state index in [1.165, 1.54) is 7.05 Å². The van der Waals surface area contributed by atoms with Crippen molar-refractivity contribution in [2.75, 3.05) is 19.3 Å². The third kappa shape index (κ3) is 4.92. The molecular formula is C10H16N2O2S. The van der Waals surface area contributed by atoms with Gasteiger partial charge in [-0.2, -0.15) is 0 Å². The van der Waals surface area contributed by atoms with Crippen molar-refractivity contribution in [3.05, 3.63) is 35.9 Å². The van der Waals surface area contributed by atoms with Crippen LogP contribution in [0.1, 0.15) is 5.56 Å². The maximum Gasteiger partial charge on any atom is 0.212 e. The lowest BCUT2D eigenvalue weighted by molar-refractivity contribution is 0.583. The van der Waals surface area contributed by atoms with Crippen LogP contribution in [0.2, 0.25) is 0 Å². The molecular weight excluding hydrogens is 212 g/mol. The Morgan fingerprint density at radius 3 is 2.47 bits per heavy atom. The van der Waals surface area contributed by atoms with Crippen molar-refractivity contribution in [2.24, 2.45) is 0 Å². The highest BCUT2D eigenvalue weighted by Crippen LogP contribution is 1.96. The van der Waals surface area contributed by atoms with Crippen LogP contribution in [0.4, 0.5) is 0 Å². The Morgan fingerprint density at radius 2 is 1.87 bits per heavy atom. The highest BCUT2D eigenvalue weighted by atomic mass is 32.2. The Kier molecular flexibility index (Phi) is 4.74. The minimum atomic E-state index is -3.09. The second-order valence-corrected chi connectivity index (χ2v) is 5.23. The fourth-order valence-corrected chi connectivity index (χ4v) is 1.75. The molecule has 0 aliphatic rings. The second-order valence-electron chi connectivity index (χ2n) is 3.19. The molecule has 84 valence electrons. The van der Waals surface area contributed by atoms with Gasteiger partial charge in [0.25, 0.3) is 0 Å². The van der Waals surface area contributed by atoms with Gasteiger partial charge in [-0.25, -0.2) is 13.1 Å². The van der Waals surface area contributed by atoms with E-state index < -0.39 is 10.0 Å². The third-order valence-electron chi connectivity index (χ3n) is 2.03. The molecule has 4 nitrogen and oxygen atoms in total. The van der Waals surface area contributed by atoms with Gasteiger partial charge in [0, 0.05) is 13.1 Å². The molecule has 0 aromatic heterocycles. The molecule has 0 saturated heterocycles. The monoisotopic (exact) mass is 228 g/mol. The molecule has 1 aromatic rings. The zero-order valence-electron chi connectivity index (χ0n) is 8.73. The minimum absolute atomic E-state index is 0.107. The molecule has 1 rings (SSSR count). The molecule has 0 bridgehead atoms. The summed E-state index contributed by atoms with van der Waals surface area (Å²) < 4.78 is 24.4. The summed E-state index contributed by atoms with van der Waals surface area (Å²) in [6.07, 6.45) is 0. The SMILES string of the molecule is CNS(=O)(=O)CCNCc1ccccc1. The topological polar surface area (TPSA) is 58.2 Å². The Balaban J connectivity index is 2.24. The van der Waals surface area contributed by atoms with Gasteiger partial charge in [0.1, 0.15) is 0 Å². The van der Waals surface area contributed by atoms with E-state index in [0.29, 0.717) is 13.1 Å². The lowest BCUT2D eigenvalue weighted by atomic mass is 10.2. The van der Waals surface area contributed by atoms with Gasteiger partial charge in [-0.3, -0.25) is 0 Å². The van der Waals surface area contributed by atoms with Crippen molar-refractivity contribution in [3.63, 3.8) is 0 Å². The van der Waals surface area contributed by atoms with Gasteiger partial charge < -0.3 is 5.32 Å². The molecule has 0 atom stereocenters. The van der Waals surface area contributed by atoms with Gasteiger partial charge in [0.15, 0.2) is 0 Å². The van der Waals surface area contributed by atoms with E-state index in [0.717, 1.165) is 5.56 Å². The summed E-state index contributed by atoms with van der Waals surface area (Å²) in [4.78, 5) is 0. The van der Waals surface area contributed by atoms with Crippen molar-refractivity contribution < 1.29 is 8.42 Å². The van der Waals surface area contributed by atoms with E-state index in [4.69, 9.17) is 0 Å². The van der Waals surface area contributed by atoms with Crippen molar-refractivity contribution in [3.8, 4) is 0 Å². The molecule has 5 heteroatoms. The summed E-state index contributed by atoms with van der Waals surface area (Å²) in [6.45, 7) is 1.15. The summed E-state index contributed by atoms with van der Waals surface area (Å²) in [7, 11) is -1.66. The number of hydrogen-bond acceptors (Lipinski definition) is 3. The Morgan fingerprint density at radius 1 is 1.20 bits per heavy atom. The lowest BCUT2D eigenvalue weighted by Gasteiger charge is -2.05. The lowest BCUT2D eigenvalue weighted by Crippen LogP contribution is -2.29. The predicted molar refractivity (Wildman–Crippen MR) is 61.0 cm³/mol. The number of rotatable bonds is 6. The molecule has 0 aliphatic heterocycles. The first-order valence-corrected chi connectivity index (χ1v) is 6.45. The van der Waals surface area contributed by atoms with Crippen LogP contribution in [0, 0.1) is 0 Å².